The molecule has 1 aromatic heterocycles. The number of aromatic amines is 1. The zero-order chi connectivity index (χ0) is 21.1. The van der Waals surface area contributed by atoms with E-state index in [9.17, 15) is 9.59 Å². The smallest absolute Gasteiger partial charge is 0.408 e. The Hall–Kier alpha value is -2.83. The topological polar surface area (TPSA) is 93.3 Å². The average molecular weight is 402 g/mol. The Morgan fingerprint density at radius 1 is 1.14 bits per heavy atom. The largest absolute Gasteiger partial charge is 0.460 e. The number of nitrogens with one attached hydrogen (secondary N) is 2. The number of ether oxygens (including phenoxy) is 2. The summed E-state index contributed by atoms with van der Waals surface area (Å²) < 4.78 is 10.6. The quantitative estimate of drug-likeness (QED) is 0.446. The van der Waals surface area contributed by atoms with Gasteiger partial charge in [0.05, 0.1) is 6.04 Å². The lowest BCUT2D eigenvalue weighted by Gasteiger charge is -2.19. The van der Waals surface area contributed by atoms with Crippen LogP contribution < -0.4 is 5.32 Å². The number of H-pyrrole nitrogens is 1. The maximum Gasteiger partial charge on any atom is 0.408 e. The minimum absolute atomic E-state index is 0.178. The Bertz CT molecular complexity index is 739. The van der Waals surface area contributed by atoms with Crippen LogP contribution in [0.3, 0.4) is 0 Å². The molecule has 158 valence electrons. The van der Waals surface area contributed by atoms with Crippen LogP contribution in [0.25, 0.3) is 0 Å². The van der Waals surface area contributed by atoms with Gasteiger partial charge in [-0.1, -0.05) is 43.2 Å². The van der Waals surface area contributed by atoms with Crippen LogP contribution in [0.2, 0.25) is 0 Å². The van der Waals surface area contributed by atoms with Gasteiger partial charge in [0.1, 0.15) is 18.0 Å². The number of aromatic nitrogens is 2. The number of esters is 1. The molecule has 0 saturated carbocycles. The molecule has 29 heavy (non-hydrogen) atoms. The Morgan fingerprint density at radius 2 is 1.90 bits per heavy atom. The van der Waals surface area contributed by atoms with E-state index in [0.717, 1.165) is 24.8 Å². The molecule has 0 fully saturated rings. The molecule has 7 heteroatoms. The van der Waals surface area contributed by atoms with Gasteiger partial charge in [-0.05, 0) is 39.2 Å². The highest BCUT2D eigenvalue weighted by molar-refractivity contribution is 5.69. The molecule has 0 unspecified atom stereocenters. The minimum Gasteiger partial charge on any atom is -0.460 e. The molecule has 0 aliphatic carbocycles. The molecule has 0 radical (unpaired) electrons. The number of benzene rings is 1. The number of hydrogen-bond acceptors (Lipinski definition) is 5. The lowest BCUT2D eigenvalue weighted by molar-refractivity contribution is -0.154. The molecule has 0 aliphatic rings. The van der Waals surface area contributed by atoms with Crippen LogP contribution in [-0.4, -0.2) is 27.6 Å². The first-order chi connectivity index (χ1) is 13.8. The Kier molecular flexibility index (Phi) is 8.70. The van der Waals surface area contributed by atoms with E-state index in [2.05, 4.69) is 15.3 Å². The summed E-state index contributed by atoms with van der Waals surface area (Å²) in [5, 5.41) is 2.87. The van der Waals surface area contributed by atoms with Gasteiger partial charge in [0, 0.05) is 18.8 Å². The molecule has 0 aliphatic heterocycles. The molecule has 1 aromatic carbocycles. The number of nitrogens with zero attached hydrogens (tertiary/aromatic N) is 1. The van der Waals surface area contributed by atoms with Crippen molar-refractivity contribution in [3.63, 3.8) is 0 Å². The number of unbranched alkanes of at least 4 members (excludes halogenated alkanes) is 2. The Morgan fingerprint density at radius 3 is 2.55 bits per heavy atom. The highest BCUT2D eigenvalue weighted by atomic mass is 16.6. The van der Waals surface area contributed by atoms with Crippen LogP contribution in [0, 0.1) is 0 Å². The summed E-state index contributed by atoms with van der Waals surface area (Å²) in [6.45, 7) is 5.80. The molecule has 0 bridgehead atoms. The highest BCUT2D eigenvalue weighted by Gasteiger charge is 2.18. The lowest BCUT2D eigenvalue weighted by atomic mass is 10.1. The third-order valence-corrected chi connectivity index (χ3v) is 4.15. The van der Waals surface area contributed by atoms with E-state index in [4.69, 9.17) is 9.47 Å². The summed E-state index contributed by atoms with van der Waals surface area (Å²) in [5.41, 5.74) is 0.477. The fourth-order valence-electron chi connectivity index (χ4n) is 2.84. The van der Waals surface area contributed by atoms with Gasteiger partial charge in [-0.2, -0.15) is 0 Å². The SMILES string of the molecule is CC(C)(C)OC(=O)CCCCC[C@H](NC(=O)OCc1ccccc1)c1ncc[nH]1. The second kappa shape index (κ2) is 11.2. The third-order valence-electron chi connectivity index (χ3n) is 4.15. The lowest BCUT2D eigenvalue weighted by Crippen LogP contribution is -2.29. The van der Waals surface area contributed by atoms with E-state index in [1.807, 2.05) is 51.1 Å². The summed E-state index contributed by atoms with van der Waals surface area (Å²) >= 11 is 0. The number of alkyl carbamates (subject to hydrolysis) is 1. The van der Waals surface area contributed by atoms with Gasteiger partial charge in [0.25, 0.3) is 0 Å². The molecule has 0 saturated heterocycles. The first kappa shape index (κ1) is 22.5. The van der Waals surface area contributed by atoms with Crippen LogP contribution in [0.4, 0.5) is 4.79 Å². The number of carbonyl (C=O) groups excluding carboxylic acids is 2. The maximum absolute atomic E-state index is 12.2. The van der Waals surface area contributed by atoms with Crippen molar-refractivity contribution in [1.29, 1.82) is 0 Å². The molecule has 7 nitrogen and oxygen atoms in total. The Balaban J connectivity index is 1.74. The monoisotopic (exact) mass is 401 g/mol. The van der Waals surface area contributed by atoms with E-state index in [1.165, 1.54) is 0 Å². The molecular formula is C22H31N3O4. The van der Waals surface area contributed by atoms with E-state index in [0.29, 0.717) is 18.7 Å². The second-order valence-electron chi connectivity index (χ2n) is 7.92. The minimum atomic E-state index is -0.482. The van der Waals surface area contributed by atoms with Gasteiger partial charge in [-0.25, -0.2) is 9.78 Å². The first-order valence-corrected chi connectivity index (χ1v) is 10.0. The van der Waals surface area contributed by atoms with E-state index in [1.54, 1.807) is 12.4 Å². The number of hydrogen-bond donors (Lipinski definition) is 2. The molecule has 2 rings (SSSR count). The third kappa shape index (κ3) is 9.27. The van der Waals surface area contributed by atoms with Crippen molar-refractivity contribution in [2.45, 2.75) is 71.1 Å². The van der Waals surface area contributed by atoms with Gasteiger partial charge < -0.3 is 19.8 Å². The fraction of sp³-hybridized carbons (Fsp3) is 0.500. The predicted molar refractivity (Wildman–Crippen MR) is 110 cm³/mol. The van der Waals surface area contributed by atoms with Crippen molar-refractivity contribution in [3.8, 4) is 0 Å². The van der Waals surface area contributed by atoms with Crippen molar-refractivity contribution in [1.82, 2.24) is 15.3 Å². The molecule has 2 aromatic rings. The normalized spacial score (nSPS) is 12.2. The summed E-state index contributed by atoms with van der Waals surface area (Å²) in [6.07, 6.45) is 6.44. The van der Waals surface area contributed by atoms with Gasteiger partial charge in [0.15, 0.2) is 0 Å². The van der Waals surface area contributed by atoms with Gasteiger partial charge in [-0.15, -0.1) is 0 Å². The standard InChI is InChI=1S/C22H31N3O4/c1-22(2,3)29-19(26)13-9-5-8-12-18(20-23-14-15-24-20)25-21(27)28-16-17-10-6-4-7-11-17/h4,6-7,10-11,14-15,18H,5,8-9,12-13,16H2,1-3H3,(H,23,24)(H,25,27)/t18-/m0/s1. The summed E-state index contributed by atoms with van der Waals surface area (Å²) in [4.78, 5) is 31.3. The maximum atomic E-state index is 12.2. The second-order valence-corrected chi connectivity index (χ2v) is 7.92. The zero-order valence-corrected chi connectivity index (χ0v) is 17.4. The molecule has 1 atom stereocenters. The average Bonchev–Trinajstić information content (AvgIpc) is 3.19. The Labute approximate surface area is 172 Å². The molecule has 1 heterocycles. The summed E-state index contributed by atoms with van der Waals surface area (Å²) in [5.74, 6) is 0.511. The zero-order valence-electron chi connectivity index (χ0n) is 17.4. The van der Waals surface area contributed by atoms with Crippen LogP contribution >= 0.6 is 0 Å². The number of imidazole rings is 1. The van der Waals surface area contributed by atoms with Crippen molar-refractivity contribution in [2.24, 2.45) is 0 Å². The molecular weight excluding hydrogens is 370 g/mol. The van der Waals surface area contributed by atoms with Crippen LogP contribution in [-0.2, 0) is 20.9 Å². The van der Waals surface area contributed by atoms with Crippen LogP contribution in [0.5, 0.6) is 0 Å². The van der Waals surface area contributed by atoms with Gasteiger partial charge in [-0.3, -0.25) is 4.79 Å². The summed E-state index contributed by atoms with van der Waals surface area (Å²) in [7, 11) is 0. The van der Waals surface area contributed by atoms with Crippen molar-refractivity contribution in [3.05, 3.63) is 54.1 Å². The van der Waals surface area contributed by atoms with Gasteiger partial charge in [0.2, 0.25) is 0 Å². The van der Waals surface area contributed by atoms with Crippen molar-refractivity contribution in [2.75, 3.05) is 0 Å². The summed E-state index contributed by atoms with van der Waals surface area (Å²) in [6, 6.07) is 9.26. The van der Waals surface area contributed by atoms with Crippen LogP contribution in [0.15, 0.2) is 42.7 Å². The van der Waals surface area contributed by atoms with Crippen LogP contribution in [0.1, 0.15) is 70.3 Å². The fourth-order valence-corrected chi connectivity index (χ4v) is 2.84. The first-order valence-electron chi connectivity index (χ1n) is 10.0. The number of amides is 1. The molecule has 0 spiro atoms. The number of carbonyl (C=O) groups is 2. The highest BCUT2D eigenvalue weighted by Crippen LogP contribution is 2.18. The van der Waals surface area contributed by atoms with Crippen molar-refractivity contribution < 1.29 is 19.1 Å². The van der Waals surface area contributed by atoms with E-state index in [-0.39, 0.29) is 18.6 Å². The predicted octanol–water partition coefficient (Wildman–Crippen LogP) is 4.67. The van der Waals surface area contributed by atoms with Crippen molar-refractivity contribution >= 4 is 12.1 Å². The number of rotatable bonds is 10. The molecule has 2 N–H and O–H groups in total. The van der Waals surface area contributed by atoms with E-state index >= 15 is 0 Å². The molecule has 1 amide bonds. The van der Waals surface area contributed by atoms with E-state index < -0.39 is 11.7 Å². The van der Waals surface area contributed by atoms with Gasteiger partial charge >= 0.3 is 12.1 Å².